The predicted molar refractivity (Wildman–Crippen MR) is 107 cm³/mol. The average Bonchev–Trinajstić information content (AvgIpc) is 3.02. The van der Waals surface area contributed by atoms with Gasteiger partial charge in [-0.15, -0.1) is 0 Å². The molecule has 0 aliphatic heterocycles. The van der Waals surface area contributed by atoms with Crippen LogP contribution < -0.4 is 16.7 Å². The second-order valence-electron chi connectivity index (χ2n) is 6.00. The van der Waals surface area contributed by atoms with Crippen LogP contribution in [0, 0.1) is 0 Å². The molecule has 0 saturated carbocycles. The smallest absolute Gasteiger partial charge is 0.299 e. The molecule has 1 N–H and O–H groups in total. The number of nitrogens with one attached hydrogen (secondary N) is 1. The molecule has 0 aliphatic rings. The molecule has 0 fully saturated rings. The summed E-state index contributed by atoms with van der Waals surface area (Å²) in [5, 5.41) is 4.77. The number of imidazole rings is 1. The lowest BCUT2D eigenvalue weighted by Crippen LogP contribution is -2.37. The third-order valence-electron chi connectivity index (χ3n) is 4.08. The minimum atomic E-state index is -0.444. The van der Waals surface area contributed by atoms with Crippen molar-refractivity contribution in [3.8, 4) is 0 Å². The van der Waals surface area contributed by atoms with E-state index >= 15 is 0 Å². The lowest BCUT2D eigenvalue weighted by Gasteiger charge is -2.06. The summed E-state index contributed by atoms with van der Waals surface area (Å²) in [6.07, 6.45) is 3.39. The van der Waals surface area contributed by atoms with Crippen LogP contribution in [0.5, 0.6) is 0 Å². The zero-order chi connectivity index (χ0) is 19.6. The van der Waals surface area contributed by atoms with Crippen molar-refractivity contribution in [2.75, 3.05) is 5.43 Å². The molecular formula is C18H19ClN6O2. The number of rotatable bonds is 5. The van der Waals surface area contributed by atoms with Crippen molar-refractivity contribution in [1.82, 2.24) is 18.7 Å². The van der Waals surface area contributed by atoms with E-state index in [0.29, 0.717) is 23.0 Å². The van der Waals surface area contributed by atoms with Gasteiger partial charge in [0, 0.05) is 25.7 Å². The molecule has 1 aromatic carbocycles. The Labute approximate surface area is 160 Å². The molecule has 0 bridgehead atoms. The van der Waals surface area contributed by atoms with E-state index < -0.39 is 11.2 Å². The fraction of sp³-hybridized carbons (Fsp3) is 0.222. The van der Waals surface area contributed by atoms with Gasteiger partial charge in [-0.3, -0.25) is 18.5 Å². The van der Waals surface area contributed by atoms with Crippen molar-refractivity contribution in [2.24, 2.45) is 19.2 Å². The normalized spacial score (nSPS) is 12.2. The Kier molecular flexibility index (Phi) is 5.27. The first-order valence-corrected chi connectivity index (χ1v) is 8.60. The maximum Gasteiger partial charge on any atom is 0.332 e. The summed E-state index contributed by atoms with van der Waals surface area (Å²) in [7, 11) is 3.01. The van der Waals surface area contributed by atoms with Crippen LogP contribution in [0.3, 0.4) is 0 Å². The van der Waals surface area contributed by atoms with Gasteiger partial charge >= 0.3 is 5.69 Å². The topological polar surface area (TPSA) is 86.2 Å². The van der Waals surface area contributed by atoms with E-state index in [9.17, 15) is 9.59 Å². The van der Waals surface area contributed by atoms with E-state index in [1.807, 2.05) is 30.3 Å². The quantitative estimate of drug-likeness (QED) is 0.537. The molecule has 3 aromatic rings. The lowest BCUT2D eigenvalue weighted by atomic mass is 10.2. The SMILES string of the molecule is CC(Cl)=CCn1c(NN=Cc2ccccc2)nc2c1c(=O)n(C)c(=O)n2C. The van der Waals surface area contributed by atoms with Gasteiger partial charge in [-0.2, -0.15) is 10.1 Å². The van der Waals surface area contributed by atoms with E-state index in [4.69, 9.17) is 11.6 Å². The highest BCUT2D eigenvalue weighted by molar-refractivity contribution is 6.29. The van der Waals surface area contributed by atoms with Crippen molar-refractivity contribution in [3.05, 3.63) is 67.8 Å². The number of hydrogen-bond donors (Lipinski definition) is 1. The van der Waals surface area contributed by atoms with Crippen LogP contribution in [0.15, 0.2) is 56.1 Å². The first-order chi connectivity index (χ1) is 12.9. The second-order valence-corrected chi connectivity index (χ2v) is 6.59. The van der Waals surface area contributed by atoms with Crippen LogP contribution in [0.2, 0.25) is 0 Å². The van der Waals surface area contributed by atoms with Gasteiger partial charge in [0.05, 0.1) is 6.21 Å². The number of benzene rings is 1. The molecule has 0 spiro atoms. The Morgan fingerprint density at radius 1 is 1.22 bits per heavy atom. The van der Waals surface area contributed by atoms with Gasteiger partial charge in [0.25, 0.3) is 5.56 Å². The number of hydrazone groups is 1. The monoisotopic (exact) mass is 386 g/mol. The largest absolute Gasteiger partial charge is 0.332 e. The summed E-state index contributed by atoms with van der Waals surface area (Å²) >= 11 is 5.95. The second kappa shape index (κ2) is 7.63. The zero-order valence-corrected chi connectivity index (χ0v) is 15.9. The molecule has 0 aliphatic carbocycles. The highest BCUT2D eigenvalue weighted by atomic mass is 35.5. The summed E-state index contributed by atoms with van der Waals surface area (Å²) in [6, 6.07) is 9.55. The van der Waals surface area contributed by atoms with Gasteiger partial charge in [0.1, 0.15) is 0 Å². The number of allylic oxidation sites excluding steroid dienone is 2. The maximum absolute atomic E-state index is 12.6. The summed E-state index contributed by atoms with van der Waals surface area (Å²) < 4.78 is 4.02. The van der Waals surface area contributed by atoms with Crippen LogP contribution in [0.25, 0.3) is 11.2 Å². The number of fused-ring (bicyclic) bond motifs is 1. The van der Waals surface area contributed by atoms with Crippen molar-refractivity contribution < 1.29 is 0 Å². The highest BCUT2D eigenvalue weighted by Crippen LogP contribution is 2.16. The number of aryl methyl sites for hydroxylation is 1. The van der Waals surface area contributed by atoms with E-state index in [1.54, 1.807) is 30.8 Å². The fourth-order valence-electron chi connectivity index (χ4n) is 2.63. The zero-order valence-electron chi connectivity index (χ0n) is 15.2. The summed E-state index contributed by atoms with van der Waals surface area (Å²) in [4.78, 5) is 29.2. The number of aromatic nitrogens is 4. The number of anilines is 1. The van der Waals surface area contributed by atoms with Crippen LogP contribution in [0.1, 0.15) is 12.5 Å². The van der Waals surface area contributed by atoms with E-state index in [2.05, 4.69) is 15.5 Å². The molecule has 27 heavy (non-hydrogen) atoms. The Morgan fingerprint density at radius 3 is 2.59 bits per heavy atom. The highest BCUT2D eigenvalue weighted by Gasteiger charge is 2.18. The first-order valence-electron chi connectivity index (χ1n) is 8.22. The third kappa shape index (κ3) is 3.70. The standard InChI is InChI=1S/C18H19ClN6O2/c1-12(19)9-10-25-14-15(23(2)18(27)24(3)16(14)26)21-17(25)22-20-11-13-7-5-4-6-8-13/h4-9,11H,10H2,1-3H3,(H,21,22). The number of hydrogen-bond acceptors (Lipinski definition) is 5. The molecule has 8 nitrogen and oxygen atoms in total. The third-order valence-corrected chi connectivity index (χ3v) is 4.24. The van der Waals surface area contributed by atoms with E-state index in [-0.39, 0.29) is 5.65 Å². The Balaban J connectivity index is 2.12. The molecule has 0 amide bonds. The Hall–Kier alpha value is -3.13. The number of halogens is 1. The van der Waals surface area contributed by atoms with E-state index in [0.717, 1.165) is 10.1 Å². The molecular weight excluding hydrogens is 368 g/mol. The van der Waals surface area contributed by atoms with Gasteiger partial charge < -0.3 is 0 Å². The molecule has 0 saturated heterocycles. The van der Waals surface area contributed by atoms with E-state index in [1.165, 1.54) is 11.6 Å². The van der Waals surface area contributed by atoms with Gasteiger partial charge in [-0.05, 0) is 12.5 Å². The van der Waals surface area contributed by atoms with Crippen molar-refractivity contribution in [2.45, 2.75) is 13.5 Å². The summed E-state index contributed by atoms with van der Waals surface area (Å²) in [6.45, 7) is 2.05. The fourth-order valence-corrected chi connectivity index (χ4v) is 2.70. The number of nitrogens with zero attached hydrogens (tertiary/aromatic N) is 5. The van der Waals surface area contributed by atoms with Gasteiger partial charge in [-0.1, -0.05) is 48.0 Å². The molecule has 0 unspecified atom stereocenters. The van der Waals surface area contributed by atoms with Crippen molar-refractivity contribution in [3.63, 3.8) is 0 Å². The van der Waals surface area contributed by atoms with Crippen LogP contribution >= 0.6 is 11.6 Å². The molecule has 0 radical (unpaired) electrons. The molecule has 140 valence electrons. The minimum absolute atomic E-state index is 0.279. The van der Waals surface area contributed by atoms with Crippen LogP contribution in [0.4, 0.5) is 5.95 Å². The van der Waals surface area contributed by atoms with Gasteiger partial charge in [0.2, 0.25) is 5.95 Å². The maximum atomic E-state index is 12.6. The Morgan fingerprint density at radius 2 is 1.93 bits per heavy atom. The van der Waals surface area contributed by atoms with Crippen molar-refractivity contribution in [1.29, 1.82) is 0 Å². The summed E-state index contributed by atoms with van der Waals surface area (Å²) in [5.74, 6) is 0.338. The van der Waals surface area contributed by atoms with Gasteiger partial charge in [0.15, 0.2) is 11.2 Å². The van der Waals surface area contributed by atoms with Gasteiger partial charge in [-0.25, -0.2) is 10.2 Å². The molecule has 3 rings (SSSR count). The van der Waals surface area contributed by atoms with Crippen LogP contribution in [-0.2, 0) is 20.6 Å². The Bertz CT molecular complexity index is 1150. The molecule has 9 heteroatoms. The van der Waals surface area contributed by atoms with Crippen LogP contribution in [-0.4, -0.2) is 24.9 Å². The predicted octanol–water partition coefficient (Wildman–Crippen LogP) is 2.02. The summed E-state index contributed by atoms with van der Waals surface area (Å²) in [5.41, 5.74) is 3.47. The molecule has 2 heterocycles. The minimum Gasteiger partial charge on any atom is -0.299 e. The lowest BCUT2D eigenvalue weighted by molar-refractivity contribution is 0.703. The van der Waals surface area contributed by atoms with Crippen molar-refractivity contribution >= 4 is 34.9 Å². The molecule has 2 aromatic heterocycles. The molecule has 0 atom stereocenters. The first kappa shape index (κ1) is 18.7. The average molecular weight is 387 g/mol.